The van der Waals surface area contributed by atoms with E-state index in [2.05, 4.69) is 16.4 Å². The molecule has 0 radical (unpaired) electrons. The summed E-state index contributed by atoms with van der Waals surface area (Å²) in [5.41, 5.74) is 0.788. The summed E-state index contributed by atoms with van der Waals surface area (Å²) in [6.07, 6.45) is 0. The average Bonchev–Trinajstić information content (AvgIpc) is 2.36. The fourth-order valence-corrected chi connectivity index (χ4v) is 1.73. The third-order valence-electron chi connectivity index (χ3n) is 2.89. The molecule has 1 unspecified atom stereocenters. The van der Waals surface area contributed by atoms with Crippen molar-refractivity contribution in [3.63, 3.8) is 0 Å². The van der Waals surface area contributed by atoms with Crippen LogP contribution in [-0.2, 0) is 0 Å². The number of aliphatic hydroxyl groups excluding tert-OH is 1. The molecule has 0 amide bonds. The lowest BCUT2D eigenvalue weighted by Crippen LogP contribution is -2.37. The Balaban J connectivity index is 2.25. The number of aryl methyl sites for hydroxylation is 1. The zero-order chi connectivity index (χ0) is 13.2. The van der Waals surface area contributed by atoms with Gasteiger partial charge in [-0.05, 0) is 31.5 Å². The minimum atomic E-state index is -1.14. The van der Waals surface area contributed by atoms with Crippen molar-refractivity contribution in [2.75, 3.05) is 18.5 Å². The molecule has 1 atom stereocenters. The minimum absolute atomic E-state index is 0.260. The monoisotopic (exact) mass is 246 g/mol. The number of fused-ring (bicyclic) bond motifs is 1. The fraction of sp³-hybridized carbons (Fsp3) is 0.357. The van der Waals surface area contributed by atoms with E-state index in [0.29, 0.717) is 0 Å². The van der Waals surface area contributed by atoms with Crippen LogP contribution in [0.4, 0.5) is 5.82 Å². The van der Waals surface area contributed by atoms with Gasteiger partial charge >= 0.3 is 0 Å². The number of anilines is 1. The normalized spacial score (nSPS) is 14.4. The molecule has 3 N–H and O–H groups in total. The van der Waals surface area contributed by atoms with Crippen LogP contribution < -0.4 is 5.32 Å². The van der Waals surface area contributed by atoms with Gasteiger partial charge in [-0.1, -0.05) is 18.2 Å². The summed E-state index contributed by atoms with van der Waals surface area (Å²) in [5.74, 6) is 0.738. The van der Waals surface area contributed by atoms with E-state index in [1.54, 1.807) is 6.92 Å². The van der Waals surface area contributed by atoms with Crippen LogP contribution in [0.15, 0.2) is 30.3 Å². The first kappa shape index (κ1) is 12.8. The fourth-order valence-electron chi connectivity index (χ4n) is 1.73. The van der Waals surface area contributed by atoms with Crippen LogP contribution in [0.3, 0.4) is 0 Å². The Kier molecular flexibility index (Phi) is 3.50. The van der Waals surface area contributed by atoms with Crippen molar-refractivity contribution < 1.29 is 10.2 Å². The zero-order valence-corrected chi connectivity index (χ0v) is 10.6. The largest absolute Gasteiger partial charge is 0.393 e. The summed E-state index contributed by atoms with van der Waals surface area (Å²) in [7, 11) is 0. The molecule has 4 nitrogen and oxygen atoms in total. The average molecular weight is 246 g/mol. The molecule has 0 aliphatic heterocycles. The molecule has 0 aliphatic carbocycles. The highest BCUT2D eigenvalue weighted by molar-refractivity contribution is 5.81. The van der Waals surface area contributed by atoms with Crippen LogP contribution in [0.5, 0.6) is 0 Å². The Bertz CT molecular complexity index is 552. The topological polar surface area (TPSA) is 65.4 Å². The van der Waals surface area contributed by atoms with Crippen LogP contribution in [0.25, 0.3) is 10.9 Å². The highest BCUT2D eigenvalue weighted by Gasteiger charge is 2.19. The first-order valence-electron chi connectivity index (χ1n) is 5.95. The van der Waals surface area contributed by atoms with Gasteiger partial charge in [0.2, 0.25) is 0 Å². The molecular weight excluding hydrogens is 228 g/mol. The molecule has 96 valence electrons. The molecule has 0 spiro atoms. The van der Waals surface area contributed by atoms with E-state index in [-0.39, 0.29) is 13.2 Å². The van der Waals surface area contributed by atoms with Crippen LogP contribution in [0.2, 0.25) is 0 Å². The highest BCUT2D eigenvalue weighted by Crippen LogP contribution is 2.20. The summed E-state index contributed by atoms with van der Waals surface area (Å²) >= 11 is 0. The second-order valence-electron chi connectivity index (χ2n) is 4.86. The van der Waals surface area contributed by atoms with Crippen molar-refractivity contribution in [1.29, 1.82) is 0 Å². The molecule has 0 fully saturated rings. The molecule has 1 heterocycles. The lowest BCUT2D eigenvalue weighted by atomic mass is 10.1. The Morgan fingerprint density at radius 3 is 2.78 bits per heavy atom. The molecule has 2 rings (SSSR count). The molecule has 2 aromatic rings. The van der Waals surface area contributed by atoms with Gasteiger partial charge in [0.15, 0.2) is 0 Å². The van der Waals surface area contributed by atoms with E-state index in [1.807, 2.05) is 31.2 Å². The summed E-state index contributed by atoms with van der Waals surface area (Å²) in [5, 5.41) is 22.9. The van der Waals surface area contributed by atoms with Gasteiger partial charge in [0.1, 0.15) is 11.4 Å². The van der Waals surface area contributed by atoms with Gasteiger partial charge in [0, 0.05) is 11.9 Å². The van der Waals surface area contributed by atoms with Crippen molar-refractivity contribution in [3.05, 3.63) is 35.9 Å². The van der Waals surface area contributed by atoms with Crippen molar-refractivity contribution in [2.24, 2.45) is 0 Å². The Morgan fingerprint density at radius 1 is 1.33 bits per heavy atom. The van der Waals surface area contributed by atoms with E-state index in [0.717, 1.165) is 22.3 Å². The molecule has 1 aromatic heterocycles. The number of nitrogens with one attached hydrogen (secondary N) is 1. The molecule has 0 saturated heterocycles. The lowest BCUT2D eigenvalue weighted by Gasteiger charge is -2.21. The Labute approximate surface area is 106 Å². The van der Waals surface area contributed by atoms with E-state index < -0.39 is 5.60 Å². The first-order valence-corrected chi connectivity index (χ1v) is 5.95. The van der Waals surface area contributed by atoms with Gasteiger partial charge in [-0.2, -0.15) is 0 Å². The standard InChI is InChI=1S/C14H18N2O2/c1-10-7-11-5-3-4-6-12(11)16-13(10)15-8-14(2,18)9-17/h3-7,17-18H,8-9H2,1-2H3,(H,15,16). The molecule has 18 heavy (non-hydrogen) atoms. The van der Waals surface area contributed by atoms with Gasteiger partial charge in [-0.15, -0.1) is 0 Å². The Morgan fingerprint density at radius 2 is 2.06 bits per heavy atom. The van der Waals surface area contributed by atoms with E-state index in [9.17, 15) is 5.11 Å². The summed E-state index contributed by atoms with van der Waals surface area (Å²) in [6.45, 7) is 3.52. The van der Waals surface area contributed by atoms with E-state index in [1.165, 1.54) is 0 Å². The maximum atomic E-state index is 9.75. The molecule has 0 aliphatic rings. The summed E-state index contributed by atoms with van der Waals surface area (Å²) in [6, 6.07) is 9.94. The third kappa shape index (κ3) is 2.78. The molecular formula is C14H18N2O2. The predicted molar refractivity (Wildman–Crippen MR) is 72.7 cm³/mol. The zero-order valence-electron chi connectivity index (χ0n) is 10.6. The smallest absolute Gasteiger partial charge is 0.129 e. The van der Waals surface area contributed by atoms with Gasteiger partial charge in [0.05, 0.1) is 12.1 Å². The van der Waals surface area contributed by atoms with Crippen LogP contribution in [0.1, 0.15) is 12.5 Å². The SMILES string of the molecule is Cc1cc2ccccc2nc1NCC(C)(O)CO. The van der Waals surface area contributed by atoms with Crippen molar-refractivity contribution >= 4 is 16.7 Å². The summed E-state index contributed by atoms with van der Waals surface area (Å²) < 4.78 is 0. The van der Waals surface area contributed by atoms with Gasteiger partial charge in [-0.3, -0.25) is 0 Å². The number of rotatable bonds is 4. The number of hydrogen-bond acceptors (Lipinski definition) is 4. The number of para-hydroxylation sites is 1. The predicted octanol–water partition coefficient (Wildman–Crippen LogP) is 1.70. The van der Waals surface area contributed by atoms with Crippen LogP contribution in [-0.4, -0.2) is 33.9 Å². The number of hydrogen-bond donors (Lipinski definition) is 3. The van der Waals surface area contributed by atoms with Crippen molar-refractivity contribution in [3.8, 4) is 0 Å². The number of nitrogens with zero attached hydrogens (tertiary/aromatic N) is 1. The Hall–Kier alpha value is -1.65. The maximum Gasteiger partial charge on any atom is 0.129 e. The minimum Gasteiger partial charge on any atom is -0.393 e. The number of aromatic nitrogens is 1. The van der Waals surface area contributed by atoms with Crippen LogP contribution >= 0.6 is 0 Å². The first-order chi connectivity index (χ1) is 8.52. The van der Waals surface area contributed by atoms with E-state index in [4.69, 9.17) is 5.11 Å². The maximum absolute atomic E-state index is 9.75. The van der Waals surface area contributed by atoms with Crippen molar-refractivity contribution in [2.45, 2.75) is 19.4 Å². The molecule has 1 aromatic carbocycles. The quantitative estimate of drug-likeness (QED) is 0.768. The highest BCUT2D eigenvalue weighted by atomic mass is 16.3. The van der Waals surface area contributed by atoms with Gasteiger partial charge in [-0.25, -0.2) is 4.98 Å². The number of pyridine rings is 1. The molecule has 0 saturated carbocycles. The second-order valence-corrected chi connectivity index (χ2v) is 4.86. The molecule has 0 bridgehead atoms. The number of aliphatic hydroxyl groups is 2. The van der Waals surface area contributed by atoms with Gasteiger partial charge < -0.3 is 15.5 Å². The molecule has 4 heteroatoms. The van der Waals surface area contributed by atoms with Crippen molar-refractivity contribution in [1.82, 2.24) is 4.98 Å². The van der Waals surface area contributed by atoms with Crippen LogP contribution in [0, 0.1) is 6.92 Å². The van der Waals surface area contributed by atoms with Gasteiger partial charge in [0.25, 0.3) is 0 Å². The second kappa shape index (κ2) is 4.92. The third-order valence-corrected chi connectivity index (χ3v) is 2.89. The lowest BCUT2D eigenvalue weighted by molar-refractivity contribution is 0.0131. The number of benzene rings is 1. The summed E-state index contributed by atoms with van der Waals surface area (Å²) in [4.78, 5) is 4.51. The van der Waals surface area contributed by atoms with E-state index >= 15 is 0 Å².